The Kier molecular flexibility index (Phi) is 4.38. The number of ether oxygens (including phenoxy) is 1. The number of halogens is 1. The van der Waals surface area contributed by atoms with Crippen LogP contribution in [0.15, 0.2) is 23.1 Å². The third-order valence-electron chi connectivity index (χ3n) is 4.93. The van der Waals surface area contributed by atoms with Gasteiger partial charge in [0.05, 0.1) is 17.3 Å². The van der Waals surface area contributed by atoms with E-state index in [-0.39, 0.29) is 22.7 Å². The highest BCUT2D eigenvalue weighted by Gasteiger charge is 2.49. The van der Waals surface area contributed by atoms with Crippen LogP contribution in [0.25, 0.3) is 0 Å². The first kappa shape index (κ1) is 17.6. The topological polar surface area (TPSA) is 80.8 Å². The summed E-state index contributed by atoms with van der Waals surface area (Å²) in [5, 5.41) is -0.506. The highest BCUT2D eigenvalue weighted by molar-refractivity contribution is 7.91. The van der Waals surface area contributed by atoms with E-state index in [1.807, 2.05) is 0 Å². The molecular weight excluding hydrogens is 357 g/mol. The molecule has 2 bridgehead atoms. The molecule has 0 saturated carbocycles. The van der Waals surface area contributed by atoms with Gasteiger partial charge < -0.3 is 4.74 Å². The molecular formula is C15H20FNO5S2. The molecule has 2 aliphatic rings. The molecule has 0 amide bonds. The van der Waals surface area contributed by atoms with E-state index >= 15 is 0 Å². The molecule has 0 N–H and O–H groups in total. The number of hydrogen-bond acceptors (Lipinski definition) is 5. The van der Waals surface area contributed by atoms with Crippen LogP contribution in [0.3, 0.4) is 0 Å². The molecule has 24 heavy (non-hydrogen) atoms. The first-order valence-corrected chi connectivity index (χ1v) is 11.1. The van der Waals surface area contributed by atoms with Crippen LogP contribution in [-0.2, 0) is 19.9 Å². The number of sulfone groups is 1. The summed E-state index contributed by atoms with van der Waals surface area (Å²) in [6, 6.07) is 2.86. The first-order valence-electron chi connectivity index (χ1n) is 7.70. The number of piperidine rings is 1. The van der Waals surface area contributed by atoms with Crippen molar-refractivity contribution in [3.63, 3.8) is 0 Å². The van der Waals surface area contributed by atoms with Crippen LogP contribution in [-0.4, -0.2) is 51.8 Å². The van der Waals surface area contributed by atoms with Gasteiger partial charge in [0.2, 0.25) is 10.0 Å². The van der Waals surface area contributed by atoms with Crippen LogP contribution in [0.2, 0.25) is 0 Å². The molecule has 2 saturated heterocycles. The lowest BCUT2D eigenvalue weighted by molar-refractivity contribution is 0.249. The van der Waals surface area contributed by atoms with Crippen LogP contribution in [0.4, 0.5) is 4.39 Å². The van der Waals surface area contributed by atoms with Crippen molar-refractivity contribution in [3.8, 4) is 5.75 Å². The second kappa shape index (κ2) is 5.96. The van der Waals surface area contributed by atoms with Gasteiger partial charge in [-0.05, 0) is 43.9 Å². The second-order valence-corrected chi connectivity index (χ2v) is 10.6. The number of rotatable bonds is 4. The zero-order valence-electron chi connectivity index (χ0n) is 13.5. The van der Waals surface area contributed by atoms with Gasteiger partial charge in [-0.3, -0.25) is 0 Å². The van der Waals surface area contributed by atoms with Crippen LogP contribution in [0.5, 0.6) is 5.75 Å². The third-order valence-corrected chi connectivity index (χ3v) is 8.52. The standard InChI is InChI=1S/C15H20FNO5S2/c1-22-15-6-5-12(9-14(15)16)24(20,21)17-10-3-4-11(17)8-13(7-10)23(2,18)19/h5-6,9-11,13H,3-4,7-8H2,1-2H3. The zero-order chi connectivity index (χ0) is 17.7. The zero-order valence-corrected chi connectivity index (χ0v) is 15.1. The third kappa shape index (κ3) is 2.93. The fourth-order valence-corrected chi connectivity index (χ4v) is 6.80. The van der Waals surface area contributed by atoms with Gasteiger partial charge in [0.1, 0.15) is 9.84 Å². The van der Waals surface area contributed by atoms with E-state index in [2.05, 4.69) is 0 Å². The Morgan fingerprint density at radius 1 is 1.12 bits per heavy atom. The van der Waals surface area contributed by atoms with E-state index in [4.69, 9.17) is 4.74 Å². The maximum absolute atomic E-state index is 13.9. The van der Waals surface area contributed by atoms with Crippen molar-refractivity contribution in [2.75, 3.05) is 13.4 Å². The van der Waals surface area contributed by atoms with Gasteiger partial charge in [0.15, 0.2) is 11.6 Å². The quantitative estimate of drug-likeness (QED) is 0.796. The van der Waals surface area contributed by atoms with Crippen LogP contribution in [0.1, 0.15) is 25.7 Å². The Bertz CT molecular complexity index is 839. The lowest BCUT2D eigenvalue weighted by Gasteiger charge is -2.37. The molecule has 134 valence electrons. The Morgan fingerprint density at radius 3 is 2.17 bits per heavy atom. The number of hydrogen-bond donors (Lipinski definition) is 0. The molecule has 2 aliphatic heterocycles. The number of methoxy groups -OCH3 is 1. The average molecular weight is 377 g/mol. The van der Waals surface area contributed by atoms with Gasteiger partial charge >= 0.3 is 0 Å². The molecule has 1 aromatic carbocycles. The molecule has 1 aromatic rings. The molecule has 3 rings (SSSR count). The smallest absolute Gasteiger partial charge is 0.243 e. The second-order valence-electron chi connectivity index (χ2n) is 6.44. The Balaban J connectivity index is 1.93. The first-order chi connectivity index (χ1) is 11.1. The molecule has 2 atom stereocenters. The lowest BCUT2D eigenvalue weighted by atomic mass is 10.1. The highest BCUT2D eigenvalue weighted by Crippen LogP contribution is 2.41. The van der Waals surface area contributed by atoms with Crippen molar-refractivity contribution in [3.05, 3.63) is 24.0 Å². The normalized spacial score (nSPS) is 28.0. The Morgan fingerprint density at radius 2 is 1.71 bits per heavy atom. The van der Waals surface area contributed by atoms with Crippen molar-refractivity contribution in [2.45, 2.75) is 47.9 Å². The minimum atomic E-state index is -3.87. The minimum absolute atomic E-state index is 0.0206. The number of benzene rings is 1. The molecule has 0 aliphatic carbocycles. The van der Waals surface area contributed by atoms with Crippen LogP contribution < -0.4 is 4.74 Å². The van der Waals surface area contributed by atoms with E-state index in [1.54, 1.807) is 0 Å². The van der Waals surface area contributed by atoms with E-state index in [9.17, 15) is 21.2 Å². The van der Waals surface area contributed by atoms with Gasteiger partial charge in [-0.25, -0.2) is 21.2 Å². The van der Waals surface area contributed by atoms with Crippen molar-refractivity contribution in [2.24, 2.45) is 0 Å². The maximum Gasteiger partial charge on any atom is 0.243 e. The summed E-state index contributed by atoms with van der Waals surface area (Å²) in [7, 11) is -5.76. The largest absolute Gasteiger partial charge is 0.494 e. The van der Waals surface area contributed by atoms with Crippen molar-refractivity contribution in [1.29, 1.82) is 0 Å². The molecule has 0 radical (unpaired) electrons. The molecule has 0 aromatic heterocycles. The van der Waals surface area contributed by atoms with Gasteiger partial charge in [-0.2, -0.15) is 4.31 Å². The highest BCUT2D eigenvalue weighted by atomic mass is 32.2. The van der Waals surface area contributed by atoms with Gasteiger partial charge in [-0.1, -0.05) is 0 Å². The number of fused-ring (bicyclic) bond motifs is 2. The predicted molar refractivity (Wildman–Crippen MR) is 86.7 cm³/mol. The summed E-state index contributed by atoms with van der Waals surface area (Å²) in [6.07, 6.45) is 3.06. The predicted octanol–water partition coefficient (Wildman–Crippen LogP) is 1.56. The molecule has 6 nitrogen and oxygen atoms in total. The fourth-order valence-electron chi connectivity index (χ4n) is 3.76. The number of sulfonamides is 1. The minimum Gasteiger partial charge on any atom is -0.494 e. The molecule has 2 heterocycles. The van der Waals surface area contributed by atoms with Crippen molar-refractivity contribution in [1.82, 2.24) is 4.31 Å². The van der Waals surface area contributed by atoms with E-state index < -0.39 is 30.9 Å². The average Bonchev–Trinajstić information content (AvgIpc) is 2.77. The van der Waals surface area contributed by atoms with E-state index in [0.717, 1.165) is 6.07 Å². The summed E-state index contributed by atoms with van der Waals surface area (Å²) in [4.78, 5) is -0.129. The van der Waals surface area contributed by atoms with E-state index in [1.165, 1.54) is 29.8 Å². The van der Waals surface area contributed by atoms with Gasteiger partial charge in [0.25, 0.3) is 0 Å². The van der Waals surface area contributed by atoms with Gasteiger partial charge in [0, 0.05) is 18.3 Å². The molecule has 9 heteroatoms. The van der Waals surface area contributed by atoms with Crippen LogP contribution in [0, 0.1) is 5.82 Å². The summed E-state index contributed by atoms with van der Waals surface area (Å²) in [5.74, 6) is -0.760. The molecule has 2 unspecified atom stereocenters. The Labute approximate surface area is 141 Å². The van der Waals surface area contributed by atoms with E-state index in [0.29, 0.717) is 25.7 Å². The van der Waals surface area contributed by atoms with Crippen molar-refractivity contribution >= 4 is 19.9 Å². The van der Waals surface area contributed by atoms with Crippen molar-refractivity contribution < 1.29 is 26.0 Å². The summed E-state index contributed by atoms with van der Waals surface area (Å²) < 4.78 is 69.6. The molecule has 2 fully saturated rings. The van der Waals surface area contributed by atoms with Crippen LogP contribution >= 0.6 is 0 Å². The number of nitrogens with zero attached hydrogens (tertiary/aromatic N) is 1. The SMILES string of the molecule is COc1ccc(S(=O)(=O)N2C3CCC2CC(S(C)(=O)=O)C3)cc1F. The fraction of sp³-hybridized carbons (Fsp3) is 0.600. The maximum atomic E-state index is 13.9. The molecule has 0 spiro atoms. The summed E-state index contributed by atoms with van der Waals surface area (Å²) >= 11 is 0. The Hall–Kier alpha value is -1.19. The monoisotopic (exact) mass is 377 g/mol. The summed E-state index contributed by atoms with van der Waals surface area (Å²) in [6.45, 7) is 0. The van der Waals surface area contributed by atoms with Gasteiger partial charge in [-0.15, -0.1) is 0 Å². The lowest BCUT2D eigenvalue weighted by Crippen LogP contribution is -2.49. The summed E-state index contributed by atoms with van der Waals surface area (Å²) in [5.41, 5.74) is 0.